The summed E-state index contributed by atoms with van der Waals surface area (Å²) in [6.07, 6.45) is 3.88. The molecule has 1 aliphatic rings. The van der Waals surface area contributed by atoms with Crippen LogP contribution in [0.1, 0.15) is 24.0 Å². The smallest absolute Gasteiger partial charge is 0.271 e. The van der Waals surface area contributed by atoms with Crippen LogP contribution in [-0.2, 0) is 6.67 Å². The van der Waals surface area contributed by atoms with Crippen molar-refractivity contribution in [1.82, 2.24) is 14.7 Å². The van der Waals surface area contributed by atoms with Gasteiger partial charge in [-0.2, -0.15) is 5.10 Å². The van der Waals surface area contributed by atoms with Gasteiger partial charge in [-0.15, -0.1) is 0 Å². The van der Waals surface area contributed by atoms with Crippen LogP contribution in [0, 0.1) is 24.0 Å². The maximum atomic E-state index is 11.1. The van der Waals surface area contributed by atoms with Gasteiger partial charge >= 0.3 is 0 Å². The molecule has 0 bridgehead atoms. The summed E-state index contributed by atoms with van der Waals surface area (Å²) in [6.45, 7) is 6.64. The van der Waals surface area contributed by atoms with Crippen LogP contribution >= 0.6 is 0 Å². The van der Waals surface area contributed by atoms with Gasteiger partial charge in [0.1, 0.15) is 11.9 Å². The lowest BCUT2D eigenvalue weighted by Gasteiger charge is -2.32. The number of aryl methyl sites for hydroxylation is 1. The average Bonchev–Trinajstić information content (AvgIpc) is 3.09. The summed E-state index contributed by atoms with van der Waals surface area (Å²) in [4.78, 5) is 13.0. The molecule has 0 amide bonds. The summed E-state index contributed by atoms with van der Waals surface area (Å²) < 4.78 is 8.08. The molecule has 4 rings (SSSR count). The third-order valence-corrected chi connectivity index (χ3v) is 5.56. The van der Waals surface area contributed by atoms with Gasteiger partial charge in [-0.25, -0.2) is 0 Å². The standard InChI is InChI=1S/C21H24N4O3/c1-15-4-3-5-21(16(15)2)28-19-8-10-23(11-9-19)14-24-20-12-18(25(26)27)7-6-17(20)13-22-24/h3-7,12-13,19H,8-11,14H2,1-2H3. The molecule has 0 spiro atoms. The maximum Gasteiger partial charge on any atom is 0.271 e. The number of ether oxygens (including phenoxy) is 1. The normalized spacial score (nSPS) is 15.8. The fraction of sp³-hybridized carbons (Fsp3) is 0.381. The van der Waals surface area contributed by atoms with Crippen LogP contribution in [0.5, 0.6) is 5.75 Å². The Hall–Kier alpha value is -2.93. The number of nitrogens with zero attached hydrogens (tertiary/aromatic N) is 4. The number of nitro groups is 1. The van der Waals surface area contributed by atoms with E-state index in [4.69, 9.17) is 4.74 Å². The van der Waals surface area contributed by atoms with Gasteiger partial charge in [0.25, 0.3) is 5.69 Å². The van der Waals surface area contributed by atoms with Crippen LogP contribution in [0.2, 0.25) is 0 Å². The van der Waals surface area contributed by atoms with Gasteiger partial charge in [0, 0.05) is 30.6 Å². The second kappa shape index (κ2) is 7.59. The van der Waals surface area contributed by atoms with Gasteiger partial charge < -0.3 is 4.74 Å². The molecule has 28 heavy (non-hydrogen) atoms. The highest BCUT2D eigenvalue weighted by Crippen LogP contribution is 2.26. The second-order valence-corrected chi connectivity index (χ2v) is 7.42. The Labute approximate surface area is 163 Å². The molecule has 0 atom stereocenters. The molecule has 1 aromatic heterocycles. The first-order valence-electron chi connectivity index (χ1n) is 9.56. The molecule has 2 aromatic carbocycles. The van der Waals surface area contributed by atoms with Crippen molar-refractivity contribution in [3.8, 4) is 5.75 Å². The molecule has 7 nitrogen and oxygen atoms in total. The Kier molecular flexibility index (Phi) is 5.00. The van der Waals surface area contributed by atoms with Crippen molar-refractivity contribution < 1.29 is 9.66 Å². The van der Waals surface area contributed by atoms with Crippen LogP contribution in [0.3, 0.4) is 0 Å². The van der Waals surface area contributed by atoms with E-state index in [0.717, 1.165) is 42.6 Å². The van der Waals surface area contributed by atoms with E-state index in [1.54, 1.807) is 18.3 Å². The van der Waals surface area contributed by atoms with Gasteiger partial charge in [-0.3, -0.25) is 19.7 Å². The highest BCUT2D eigenvalue weighted by atomic mass is 16.6. The number of benzene rings is 2. The summed E-state index contributed by atoms with van der Waals surface area (Å²) in [6, 6.07) is 11.0. The Morgan fingerprint density at radius 1 is 1.21 bits per heavy atom. The maximum absolute atomic E-state index is 11.1. The van der Waals surface area contributed by atoms with Gasteiger partial charge in [0.15, 0.2) is 0 Å². The van der Waals surface area contributed by atoms with Crippen molar-refractivity contribution in [2.24, 2.45) is 0 Å². The van der Waals surface area contributed by atoms with E-state index in [2.05, 4.69) is 29.9 Å². The van der Waals surface area contributed by atoms with E-state index < -0.39 is 0 Å². The van der Waals surface area contributed by atoms with Crippen molar-refractivity contribution >= 4 is 16.6 Å². The molecule has 0 N–H and O–H groups in total. The molecule has 3 aromatic rings. The topological polar surface area (TPSA) is 73.4 Å². The third-order valence-electron chi connectivity index (χ3n) is 5.56. The lowest BCUT2D eigenvalue weighted by atomic mass is 10.1. The number of hydrogen-bond donors (Lipinski definition) is 0. The van der Waals surface area contributed by atoms with Crippen molar-refractivity contribution in [3.63, 3.8) is 0 Å². The summed E-state index contributed by atoms with van der Waals surface area (Å²) in [7, 11) is 0. The summed E-state index contributed by atoms with van der Waals surface area (Å²) >= 11 is 0. The molecule has 2 heterocycles. The van der Waals surface area contributed by atoms with E-state index in [9.17, 15) is 10.1 Å². The Bertz CT molecular complexity index is 1010. The number of aromatic nitrogens is 2. The van der Waals surface area contributed by atoms with Crippen LogP contribution in [0.25, 0.3) is 10.9 Å². The number of nitro benzene ring substituents is 1. The quantitative estimate of drug-likeness (QED) is 0.493. The van der Waals surface area contributed by atoms with Crippen molar-refractivity contribution in [3.05, 3.63) is 63.8 Å². The van der Waals surface area contributed by atoms with Crippen molar-refractivity contribution in [1.29, 1.82) is 0 Å². The van der Waals surface area contributed by atoms with E-state index >= 15 is 0 Å². The minimum Gasteiger partial charge on any atom is -0.490 e. The lowest BCUT2D eigenvalue weighted by Crippen LogP contribution is -2.39. The minimum absolute atomic E-state index is 0.0925. The third kappa shape index (κ3) is 3.71. The molecular formula is C21H24N4O3. The molecule has 0 aliphatic carbocycles. The molecule has 7 heteroatoms. The van der Waals surface area contributed by atoms with E-state index in [1.807, 2.05) is 16.8 Å². The van der Waals surface area contributed by atoms with E-state index in [-0.39, 0.29) is 16.7 Å². The predicted molar refractivity (Wildman–Crippen MR) is 108 cm³/mol. The first-order valence-corrected chi connectivity index (χ1v) is 9.56. The number of hydrogen-bond acceptors (Lipinski definition) is 5. The first kappa shape index (κ1) is 18.4. The van der Waals surface area contributed by atoms with Crippen molar-refractivity contribution in [2.75, 3.05) is 13.1 Å². The van der Waals surface area contributed by atoms with Gasteiger partial charge in [-0.1, -0.05) is 12.1 Å². The van der Waals surface area contributed by atoms with Crippen LogP contribution in [0.15, 0.2) is 42.6 Å². The number of likely N-dealkylation sites (tertiary alicyclic amines) is 1. The largest absolute Gasteiger partial charge is 0.490 e. The first-order chi connectivity index (χ1) is 13.5. The zero-order valence-corrected chi connectivity index (χ0v) is 16.2. The van der Waals surface area contributed by atoms with E-state index in [0.29, 0.717) is 6.67 Å². The minimum atomic E-state index is -0.368. The monoisotopic (exact) mass is 380 g/mol. The zero-order valence-electron chi connectivity index (χ0n) is 16.2. The fourth-order valence-corrected chi connectivity index (χ4v) is 3.67. The SMILES string of the molecule is Cc1cccc(OC2CCN(Cn3ncc4ccc([N+](=O)[O-])cc43)CC2)c1C. The Morgan fingerprint density at radius 3 is 2.75 bits per heavy atom. The lowest BCUT2D eigenvalue weighted by molar-refractivity contribution is -0.384. The van der Waals surface area contributed by atoms with E-state index in [1.165, 1.54) is 17.2 Å². The van der Waals surface area contributed by atoms with Gasteiger partial charge in [-0.05, 0) is 49.9 Å². The number of piperidine rings is 1. The van der Waals surface area contributed by atoms with Gasteiger partial charge in [0.05, 0.1) is 23.3 Å². The molecule has 1 fully saturated rings. The molecule has 1 aliphatic heterocycles. The average molecular weight is 380 g/mol. The Morgan fingerprint density at radius 2 is 2.00 bits per heavy atom. The molecule has 0 saturated carbocycles. The Balaban J connectivity index is 1.39. The van der Waals surface area contributed by atoms with Crippen LogP contribution < -0.4 is 4.74 Å². The fourth-order valence-electron chi connectivity index (χ4n) is 3.67. The number of rotatable bonds is 5. The van der Waals surface area contributed by atoms with Gasteiger partial charge in [0.2, 0.25) is 0 Å². The highest BCUT2D eigenvalue weighted by Gasteiger charge is 2.22. The van der Waals surface area contributed by atoms with Crippen LogP contribution in [0.4, 0.5) is 5.69 Å². The molecule has 1 saturated heterocycles. The predicted octanol–water partition coefficient (Wildman–Crippen LogP) is 4.06. The van der Waals surface area contributed by atoms with Crippen molar-refractivity contribution in [2.45, 2.75) is 39.5 Å². The second-order valence-electron chi connectivity index (χ2n) is 7.42. The number of fused-ring (bicyclic) bond motifs is 1. The molecule has 146 valence electrons. The summed E-state index contributed by atoms with van der Waals surface area (Å²) in [5.41, 5.74) is 3.34. The summed E-state index contributed by atoms with van der Waals surface area (Å²) in [5, 5.41) is 16.4. The zero-order chi connectivity index (χ0) is 19.7. The number of non-ortho nitro benzene ring substituents is 1. The van der Waals surface area contributed by atoms with Crippen LogP contribution in [-0.4, -0.2) is 38.8 Å². The molecule has 0 unspecified atom stereocenters. The summed E-state index contributed by atoms with van der Waals surface area (Å²) in [5.74, 6) is 0.976. The molecule has 0 radical (unpaired) electrons. The highest BCUT2D eigenvalue weighted by molar-refractivity contribution is 5.80. The molecular weight excluding hydrogens is 356 g/mol.